The highest BCUT2D eigenvalue weighted by Gasteiger charge is 2.43. The molecule has 1 aromatic heterocycles. The van der Waals surface area contributed by atoms with Crippen LogP contribution in [0.3, 0.4) is 0 Å². The zero-order valence-electron chi connectivity index (χ0n) is 17.2. The minimum Gasteiger partial charge on any atom is -0.450 e. The molecule has 0 bridgehead atoms. The van der Waals surface area contributed by atoms with Crippen molar-refractivity contribution in [3.05, 3.63) is 116 Å². The van der Waals surface area contributed by atoms with Crippen molar-refractivity contribution in [2.45, 2.75) is 26.4 Å². The van der Waals surface area contributed by atoms with E-state index in [4.69, 9.17) is 4.42 Å². The summed E-state index contributed by atoms with van der Waals surface area (Å²) < 4.78 is 20.8. The van der Waals surface area contributed by atoms with Crippen molar-refractivity contribution in [1.82, 2.24) is 4.90 Å². The molecule has 4 nitrogen and oxygen atoms in total. The van der Waals surface area contributed by atoms with Crippen LogP contribution >= 0.6 is 0 Å². The number of carbonyl (C=O) groups excluding carboxylic acids is 1. The minimum atomic E-state index is -0.855. The van der Waals surface area contributed by atoms with Gasteiger partial charge in [-0.15, -0.1) is 0 Å². The van der Waals surface area contributed by atoms with E-state index in [1.165, 1.54) is 11.0 Å². The molecule has 4 aromatic rings. The molecule has 2 heterocycles. The van der Waals surface area contributed by atoms with E-state index in [-0.39, 0.29) is 28.9 Å². The van der Waals surface area contributed by atoms with Gasteiger partial charge in [-0.2, -0.15) is 0 Å². The highest BCUT2D eigenvalue weighted by Crippen LogP contribution is 2.40. The molecule has 31 heavy (non-hydrogen) atoms. The van der Waals surface area contributed by atoms with Gasteiger partial charge in [0.05, 0.1) is 17.0 Å². The standard InChI is InChI=1S/C26H20FNO3/c1-15-12-19-21(13-16(15)2)31-25-22(24(19)29)23(18-10-6-7-11-20(18)27)28(26(25)30)14-17-8-4-3-5-9-17/h3-13,23H,14H2,1-2H3. The summed E-state index contributed by atoms with van der Waals surface area (Å²) in [7, 11) is 0. The van der Waals surface area contributed by atoms with Gasteiger partial charge in [-0.3, -0.25) is 9.59 Å². The number of hydrogen-bond acceptors (Lipinski definition) is 3. The lowest BCUT2D eigenvalue weighted by atomic mass is 9.97. The summed E-state index contributed by atoms with van der Waals surface area (Å²) in [5, 5.41) is 0.401. The van der Waals surface area contributed by atoms with Gasteiger partial charge in [-0.05, 0) is 48.7 Å². The number of carbonyl (C=O) groups is 1. The lowest BCUT2D eigenvalue weighted by Gasteiger charge is -2.25. The fourth-order valence-corrected chi connectivity index (χ4v) is 4.24. The average Bonchev–Trinajstić information content (AvgIpc) is 3.03. The second-order valence-corrected chi connectivity index (χ2v) is 7.95. The Hall–Kier alpha value is -3.73. The van der Waals surface area contributed by atoms with E-state index in [1.54, 1.807) is 30.3 Å². The van der Waals surface area contributed by atoms with Gasteiger partial charge in [0.15, 0.2) is 5.43 Å². The fourth-order valence-electron chi connectivity index (χ4n) is 4.24. The molecule has 5 heteroatoms. The maximum atomic E-state index is 14.9. The van der Waals surface area contributed by atoms with Gasteiger partial charge in [0.2, 0.25) is 5.76 Å². The Labute approximate surface area is 178 Å². The van der Waals surface area contributed by atoms with Gasteiger partial charge in [0.1, 0.15) is 11.4 Å². The topological polar surface area (TPSA) is 50.5 Å². The Morgan fingerprint density at radius 3 is 2.35 bits per heavy atom. The Balaban J connectivity index is 1.78. The van der Waals surface area contributed by atoms with Gasteiger partial charge < -0.3 is 9.32 Å². The van der Waals surface area contributed by atoms with Crippen molar-refractivity contribution in [2.75, 3.05) is 0 Å². The largest absolute Gasteiger partial charge is 0.450 e. The van der Waals surface area contributed by atoms with Gasteiger partial charge in [0.25, 0.3) is 5.91 Å². The van der Waals surface area contributed by atoms with Crippen LogP contribution in [0.1, 0.15) is 44.4 Å². The van der Waals surface area contributed by atoms with Crippen LogP contribution < -0.4 is 5.43 Å². The first kappa shape index (κ1) is 19.2. The molecule has 1 amide bonds. The lowest BCUT2D eigenvalue weighted by molar-refractivity contribution is 0.0712. The molecule has 0 fully saturated rings. The highest BCUT2D eigenvalue weighted by molar-refractivity contribution is 5.99. The van der Waals surface area contributed by atoms with Crippen molar-refractivity contribution < 1.29 is 13.6 Å². The molecule has 0 aliphatic carbocycles. The number of benzene rings is 3. The maximum absolute atomic E-state index is 14.9. The summed E-state index contributed by atoms with van der Waals surface area (Å²) in [5.74, 6) is -0.889. The average molecular weight is 413 g/mol. The summed E-state index contributed by atoms with van der Waals surface area (Å²) in [4.78, 5) is 28.5. The van der Waals surface area contributed by atoms with E-state index in [9.17, 15) is 14.0 Å². The van der Waals surface area contributed by atoms with Crippen molar-refractivity contribution in [2.24, 2.45) is 0 Å². The SMILES string of the molecule is Cc1cc2oc3c(c(=O)c2cc1C)C(c1ccccc1F)N(Cc1ccccc1)C3=O. The van der Waals surface area contributed by atoms with Crippen LogP contribution in [0.5, 0.6) is 0 Å². The number of rotatable bonds is 3. The Morgan fingerprint density at radius 2 is 1.61 bits per heavy atom. The van der Waals surface area contributed by atoms with E-state index < -0.39 is 17.8 Å². The van der Waals surface area contributed by atoms with Gasteiger partial charge in [-0.1, -0.05) is 48.5 Å². The van der Waals surface area contributed by atoms with Crippen LogP contribution in [0.2, 0.25) is 0 Å². The monoisotopic (exact) mass is 413 g/mol. The molecule has 0 N–H and O–H groups in total. The van der Waals surface area contributed by atoms with Crippen LogP contribution in [0, 0.1) is 19.7 Å². The molecule has 154 valence electrons. The molecule has 1 atom stereocenters. The van der Waals surface area contributed by atoms with E-state index >= 15 is 0 Å². The molecule has 0 saturated heterocycles. The van der Waals surface area contributed by atoms with E-state index in [0.717, 1.165) is 16.7 Å². The van der Waals surface area contributed by atoms with E-state index in [1.807, 2.05) is 44.2 Å². The third-order valence-electron chi connectivity index (χ3n) is 5.98. The van der Waals surface area contributed by atoms with Crippen molar-refractivity contribution >= 4 is 16.9 Å². The number of amides is 1. The molecule has 1 unspecified atom stereocenters. The van der Waals surface area contributed by atoms with Crippen LogP contribution in [0.15, 0.2) is 75.9 Å². The molecular weight excluding hydrogens is 393 g/mol. The van der Waals surface area contributed by atoms with Gasteiger partial charge in [-0.25, -0.2) is 4.39 Å². The van der Waals surface area contributed by atoms with Crippen molar-refractivity contribution in [3.8, 4) is 0 Å². The zero-order valence-corrected chi connectivity index (χ0v) is 17.2. The van der Waals surface area contributed by atoms with E-state index in [0.29, 0.717) is 11.0 Å². The molecule has 0 spiro atoms. The predicted molar refractivity (Wildman–Crippen MR) is 117 cm³/mol. The third-order valence-corrected chi connectivity index (χ3v) is 5.98. The smallest absolute Gasteiger partial charge is 0.291 e. The van der Waals surface area contributed by atoms with Crippen LogP contribution in [-0.4, -0.2) is 10.8 Å². The first-order valence-electron chi connectivity index (χ1n) is 10.1. The third kappa shape index (κ3) is 3.05. The second-order valence-electron chi connectivity index (χ2n) is 7.95. The Morgan fingerprint density at radius 1 is 0.935 bits per heavy atom. The number of aryl methyl sites for hydroxylation is 2. The van der Waals surface area contributed by atoms with Gasteiger partial charge >= 0.3 is 0 Å². The molecule has 0 radical (unpaired) electrons. The molecule has 0 saturated carbocycles. The summed E-state index contributed by atoms with van der Waals surface area (Å²) >= 11 is 0. The van der Waals surface area contributed by atoms with Crippen molar-refractivity contribution in [3.63, 3.8) is 0 Å². The summed E-state index contributed by atoms with van der Waals surface area (Å²) in [6.07, 6.45) is 0. The molecular formula is C26H20FNO3. The normalized spacial score (nSPS) is 15.5. The molecule has 1 aliphatic rings. The maximum Gasteiger partial charge on any atom is 0.291 e. The first-order chi connectivity index (χ1) is 15.0. The zero-order chi connectivity index (χ0) is 21.7. The highest BCUT2D eigenvalue weighted by atomic mass is 19.1. The molecule has 1 aliphatic heterocycles. The lowest BCUT2D eigenvalue weighted by Crippen LogP contribution is -2.29. The van der Waals surface area contributed by atoms with E-state index in [2.05, 4.69) is 0 Å². The summed E-state index contributed by atoms with van der Waals surface area (Å²) in [6.45, 7) is 4.08. The summed E-state index contributed by atoms with van der Waals surface area (Å²) in [5.41, 5.74) is 3.35. The quantitative estimate of drug-likeness (QED) is 0.458. The molecule has 5 rings (SSSR count). The minimum absolute atomic E-state index is 0.00932. The fraction of sp³-hybridized carbons (Fsp3) is 0.154. The van der Waals surface area contributed by atoms with Crippen molar-refractivity contribution in [1.29, 1.82) is 0 Å². The molecule has 3 aromatic carbocycles. The predicted octanol–water partition coefficient (Wildman–Crippen LogP) is 5.29. The van der Waals surface area contributed by atoms with Gasteiger partial charge in [0, 0.05) is 12.1 Å². The second kappa shape index (κ2) is 7.20. The first-order valence-corrected chi connectivity index (χ1v) is 10.1. The number of fused-ring (bicyclic) bond motifs is 2. The number of hydrogen-bond donors (Lipinski definition) is 0. The van der Waals surface area contributed by atoms with Crippen LogP contribution in [0.4, 0.5) is 4.39 Å². The Bertz CT molecular complexity index is 1390. The number of nitrogens with zero attached hydrogens (tertiary/aromatic N) is 1. The van der Waals surface area contributed by atoms with Crippen LogP contribution in [0.25, 0.3) is 11.0 Å². The van der Waals surface area contributed by atoms with Crippen LogP contribution in [-0.2, 0) is 6.54 Å². The number of halogens is 1. The Kier molecular flexibility index (Phi) is 4.47. The summed E-state index contributed by atoms with van der Waals surface area (Å²) in [6, 6.07) is 18.4.